The molecule has 0 bridgehead atoms. The second-order valence-corrected chi connectivity index (χ2v) is 4.40. The number of benzene rings is 1. The Hall–Kier alpha value is -1.12. The Kier molecular flexibility index (Phi) is 3.42. The first-order valence-corrected chi connectivity index (χ1v) is 5.76. The van der Waals surface area contributed by atoms with Gasteiger partial charge in [-0.1, -0.05) is 23.7 Å². The van der Waals surface area contributed by atoms with Crippen LogP contribution in [0.5, 0.6) is 0 Å². The van der Waals surface area contributed by atoms with E-state index in [9.17, 15) is 5.11 Å². The molecule has 3 heteroatoms. The molecular weight excluding hydrogens is 222 g/mol. The van der Waals surface area contributed by atoms with E-state index in [-0.39, 0.29) is 6.10 Å². The summed E-state index contributed by atoms with van der Waals surface area (Å²) < 4.78 is 0. The Bertz CT molecular complexity index is 496. The molecule has 1 heterocycles. The van der Waals surface area contributed by atoms with Gasteiger partial charge in [-0.3, -0.25) is 4.98 Å². The van der Waals surface area contributed by atoms with Crippen LogP contribution in [0, 0.1) is 0 Å². The van der Waals surface area contributed by atoms with E-state index >= 15 is 0 Å². The van der Waals surface area contributed by atoms with Crippen LogP contribution in [0.1, 0.15) is 18.9 Å². The molecule has 16 heavy (non-hydrogen) atoms. The van der Waals surface area contributed by atoms with Crippen molar-refractivity contribution in [3.8, 4) is 0 Å². The molecule has 0 saturated heterocycles. The maximum Gasteiger partial charge on any atom is 0.0748 e. The van der Waals surface area contributed by atoms with E-state index in [0.717, 1.165) is 27.9 Å². The molecule has 2 rings (SSSR count). The summed E-state index contributed by atoms with van der Waals surface area (Å²) in [5.74, 6) is 0. The lowest BCUT2D eigenvalue weighted by Gasteiger charge is -2.09. The van der Waals surface area contributed by atoms with Crippen molar-refractivity contribution in [2.45, 2.75) is 25.9 Å². The van der Waals surface area contributed by atoms with Crippen LogP contribution >= 0.6 is 11.6 Å². The van der Waals surface area contributed by atoms with Gasteiger partial charge in [-0.05, 0) is 37.5 Å². The predicted molar refractivity (Wildman–Crippen MR) is 66.8 cm³/mol. The molecule has 0 aliphatic heterocycles. The monoisotopic (exact) mass is 235 g/mol. The van der Waals surface area contributed by atoms with Gasteiger partial charge in [-0.15, -0.1) is 0 Å². The highest BCUT2D eigenvalue weighted by Gasteiger charge is 2.08. The van der Waals surface area contributed by atoms with Crippen molar-refractivity contribution in [3.63, 3.8) is 0 Å². The molecule has 1 aromatic heterocycles. The summed E-state index contributed by atoms with van der Waals surface area (Å²) in [6.45, 7) is 1.78. The van der Waals surface area contributed by atoms with Crippen molar-refractivity contribution in [3.05, 3.63) is 41.0 Å². The molecule has 0 aliphatic carbocycles. The lowest BCUT2D eigenvalue weighted by atomic mass is 10.0. The lowest BCUT2D eigenvalue weighted by Crippen LogP contribution is -2.02. The molecule has 0 aliphatic rings. The molecule has 0 fully saturated rings. The van der Waals surface area contributed by atoms with Crippen LogP contribution in [-0.4, -0.2) is 16.2 Å². The average molecular weight is 236 g/mol. The number of aromatic nitrogens is 1. The molecule has 84 valence electrons. The first kappa shape index (κ1) is 11.4. The fraction of sp³-hybridized carbons (Fsp3) is 0.308. The summed E-state index contributed by atoms with van der Waals surface area (Å²) in [4.78, 5) is 4.35. The summed E-state index contributed by atoms with van der Waals surface area (Å²) in [6, 6.07) is 7.79. The number of rotatable bonds is 3. The van der Waals surface area contributed by atoms with Crippen molar-refractivity contribution in [2.75, 3.05) is 0 Å². The van der Waals surface area contributed by atoms with Gasteiger partial charge >= 0.3 is 0 Å². The van der Waals surface area contributed by atoms with Crippen LogP contribution in [0.15, 0.2) is 30.5 Å². The van der Waals surface area contributed by atoms with Gasteiger partial charge in [0.15, 0.2) is 0 Å². The third-order valence-corrected chi connectivity index (χ3v) is 2.99. The van der Waals surface area contributed by atoms with Gasteiger partial charge in [-0.25, -0.2) is 0 Å². The number of hydrogen-bond acceptors (Lipinski definition) is 2. The van der Waals surface area contributed by atoms with E-state index < -0.39 is 0 Å². The number of fused-ring (bicyclic) bond motifs is 1. The Morgan fingerprint density at radius 2 is 2.19 bits per heavy atom. The van der Waals surface area contributed by atoms with Gasteiger partial charge in [0.05, 0.1) is 11.6 Å². The molecule has 1 aromatic carbocycles. The average Bonchev–Trinajstić information content (AvgIpc) is 2.27. The topological polar surface area (TPSA) is 33.1 Å². The molecule has 0 unspecified atom stereocenters. The van der Waals surface area contributed by atoms with Gasteiger partial charge in [-0.2, -0.15) is 0 Å². The second-order valence-electron chi connectivity index (χ2n) is 3.99. The van der Waals surface area contributed by atoms with E-state index in [1.54, 1.807) is 13.1 Å². The van der Waals surface area contributed by atoms with Gasteiger partial charge in [0.1, 0.15) is 0 Å². The number of aliphatic hydroxyl groups excluding tert-OH is 1. The quantitative estimate of drug-likeness (QED) is 0.886. The molecular formula is C13H14ClNO. The molecule has 0 saturated carbocycles. The third-order valence-electron chi connectivity index (χ3n) is 2.63. The molecule has 0 radical (unpaired) electrons. The van der Waals surface area contributed by atoms with Crippen molar-refractivity contribution in [2.24, 2.45) is 0 Å². The normalized spacial score (nSPS) is 12.9. The first-order chi connectivity index (χ1) is 7.68. The minimum atomic E-state index is -0.310. The van der Waals surface area contributed by atoms with E-state index in [2.05, 4.69) is 4.98 Å². The van der Waals surface area contributed by atoms with Crippen LogP contribution in [0.4, 0.5) is 0 Å². The van der Waals surface area contributed by atoms with Gasteiger partial charge in [0.25, 0.3) is 0 Å². The van der Waals surface area contributed by atoms with E-state index in [4.69, 9.17) is 11.6 Å². The fourth-order valence-corrected chi connectivity index (χ4v) is 2.02. The minimum absolute atomic E-state index is 0.310. The molecule has 0 spiro atoms. The SMILES string of the molecule is C[C@H](O)CCc1c(Cl)ccc2cccnc12. The standard InChI is InChI=1S/C13H14ClNO/c1-9(16)4-6-11-12(14)7-5-10-3-2-8-15-13(10)11/h2-3,5,7-9,16H,4,6H2,1H3/t9-/m0/s1. The molecule has 0 amide bonds. The van der Waals surface area contributed by atoms with E-state index in [0.29, 0.717) is 6.42 Å². The maximum absolute atomic E-state index is 9.31. The molecule has 2 aromatic rings. The first-order valence-electron chi connectivity index (χ1n) is 5.38. The maximum atomic E-state index is 9.31. The third kappa shape index (κ3) is 2.34. The summed E-state index contributed by atoms with van der Waals surface area (Å²) in [5, 5.41) is 11.1. The smallest absolute Gasteiger partial charge is 0.0748 e. The predicted octanol–water partition coefficient (Wildman–Crippen LogP) is 3.20. The van der Waals surface area contributed by atoms with Crippen LogP contribution in [0.25, 0.3) is 10.9 Å². The van der Waals surface area contributed by atoms with Gasteiger partial charge in [0.2, 0.25) is 0 Å². The van der Waals surface area contributed by atoms with Crippen molar-refractivity contribution in [1.29, 1.82) is 0 Å². The summed E-state index contributed by atoms with van der Waals surface area (Å²) >= 11 is 6.17. The Balaban J connectivity index is 2.44. The Morgan fingerprint density at radius 3 is 2.94 bits per heavy atom. The summed E-state index contributed by atoms with van der Waals surface area (Å²) in [6.07, 6.45) is 2.92. The number of aryl methyl sites for hydroxylation is 1. The lowest BCUT2D eigenvalue weighted by molar-refractivity contribution is 0.185. The molecule has 2 nitrogen and oxygen atoms in total. The molecule has 1 N–H and O–H groups in total. The highest BCUT2D eigenvalue weighted by molar-refractivity contribution is 6.32. The van der Waals surface area contributed by atoms with E-state index in [1.165, 1.54) is 0 Å². The summed E-state index contributed by atoms with van der Waals surface area (Å²) in [5.41, 5.74) is 1.97. The zero-order valence-electron chi connectivity index (χ0n) is 9.15. The van der Waals surface area contributed by atoms with Crippen LogP contribution in [0.2, 0.25) is 5.02 Å². The van der Waals surface area contributed by atoms with E-state index in [1.807, 2.05) is 24.3 Å². The number of halogens is 1. The summed E-state index contributed by atoms with van der Waals surface area (Å²) in [7, 11) is 0. The number of nitrogens with zero attached hydrogens (tertiary/aromatic N) is 1. The zero-order chi connectivity index (χ0) is 11.5. The zero-order valence-corrected chi connectivity index (χ0v) is 9.91. The van der Waals surface area contributed by atoms with Crippen molar-refractivity contribution in [1.82, 2.24) is 4.98 Å². The Morgan fingerprint density at radius 1 is 1.38 bits per heavy atom. The van der Waals surface area contributed by atoms with Crippen molar-refractivity contribution < 1.29 is 5.11 Å². The number of aliphatic hydroxyl groups is 1. The van der Waals surface area contributed by atoms with Crippen LogP contribution < -0.4 is 0 Å². The Labute approximate surface area is 99.9 Å². The van der Waals surface area contributed by atoms with Crippen molar-refractivity contribution >= 4 is 22.5 Å². The largest absolute Gasteiger partial charge is 0.393 e. The van der Waals surface area contributed by atoms with Crippen LogP contribution in [0.3, 0.4) is 0 Å². The van der Waals surface area contributed by atoms with Crippen LogP contribution in [-0.2, 0) is 6.42 Å². The number of pyridine rings is 1. The van der Waals surface area contributed by atoms with Gasteiger partial charge in [0, 0.05) is 16.6 Å². The highest BCUT2D eigenvalue weighted by atomic mass is 35.5. The highest BCUT2D eigenvalue weighted by Crippen LogP contribution is 2.25. The molecule has 1 atom stereocenters. The number of hydrogen-bond donors (Lipinski definition) is 1. The van der Waals surface area contributed by atoms with Gasteiger partial charge < -0.3 is 5.11 Å². The minimum Gasteiger partial charge on any atom is -0.393 e. The second kappa shape index (κ2) is 4.81. The fourth-order valence-electron chi connectivity index (χ4n) is 1.77.